The van der Waals surface area contributed by atoms with Gasteiger partial charge >= 0.3 is 53.5 Å². The molecule has 0 bridgehead atoms. The summed E-state index contributed by atoms with van der Waals surface area (Å²) in [4.78, 5) is 22.6. The van der Waals surface area contributed by atoms with Gasteiger partial charge < -0.3 is 11.1 Å². The number of rotatable bonds is 9. The Morgan fingerprint density at radius 2 is 0.919 bits per heavy atom. The molecule has 3 N–H and O–H groups in total. The summed E-state index contributed by atoms with van der Waals surface area (Å²) in [6, 6.07) is 2.66. The quantitative estimate of drug-likeness (QED) is 0.365. The second kappa shape index (κ2) is 8.77. The number of carbonyl (C=O) groups is 2. The smallest absolute Gasteiger partial charge is 0.366 e. The number of hydrogen-bond acceptors (Lipinski definition) is 2. The van der Waals surface area contributed by atoms with Gasteiger partial charge in [0.05, 0.1) is 11.3 Å². The molecule has 0 radical (unpaired) electrons. The first-order valence-electron chi connectivity index (χ1n) is 8.49. The Bertz CT molecular complexity index is 1050. The van der Waals surface area contributed by atoms with Crippen LogP contribution in [0.4, 0.5) is 80.3 Å². The molecule has 1 aromatic rings. The highest BCUT2D eigenvalue weighted by molar-refractivity contribution is 6.05. The number of anilines is 1. The maximum atomic E-state index is 13.9. The molecule has 212 valence electrons. The first-order valence-corrected chi connectivity index (χ1v) is 8.49. The molecule has 0 heterocycles. The minimum absolute atomic E-state index is 0.410. The number of alkyl halides is 17. The van der Waals surface area contributed by atoms with Crippen molar-refractivity contribution in [2.75, 3.05) is 5.32 Å². The molecule has 4 nitrogen and oxygen atoms in total. The van der Waals surface area contributed by atoms with Gasteiger partial charge in [0.15, 0.2) is 0 Å². The Morgan fingerprint density at radius 3 is 1.30 bits per heavy atom. The highest BCUT2D eigenvalue weighted by Gasteiger charge is 2.95. The number of nitrogens with two attached hydrogens (primary N) is 1. The molecule has 0 atom stereocenters. The van der Waals surface area contributed by atoms with E-state index in [1.54, 1.807) is 0 Å². The molecular formula is C16H7F17N2O2. The number of carbonyl (C=O) groups excluding carboxylic acids is 2. The van der Waals surface area contributed by atoms with Crippen LogP contribution in [0.15, 0.2) is 24.3 Å². The molecule has 0 unspecified atom stereocenters. The molecule has 0 fully saturated rings. The van der Waals surface area contributed by atoms with E-state index in [4.69, 9.17) is 5.73 Å². The first kappa shape index (κ1) is 32.0. The number of amides is 2. The molecule has 0 aliphatic heterocycles. The van der Waals surface area contributed by atoms with E-state index in [0.29, 0.717) is 17.4 Å². The molecule has 0 aliphatic carbocycles. The van der Waals surface area contributed by atoms with Crippen LogP contribution in [-0.2, 0) is 4.79 Å². The summed E-state index contributed by atoms with van der Waals surface area (Å²) >= 11 is 0. The molecular weight excluding hydrogens is 575 g/mol. The van der Waals surface area contributed by atoms with Crippen molar-refractivity contribution in [1.82, 2.24) is 0 Å². The summed E-state index contributed by atoms with van der Waals surface area (Å²) in [5.74, 6) is -64.1. The summed E-state index contributed by atoms with van der Waals surface area (Å²) in [6.45, 7) is 0. The van der Waals surface area contributed by atoms with E-state index in [2.05, 4.69) is 0 Å². The van der Waals surface area contributed by atoms with Gasteiger partial charge in [0.2, 0.25) is 0 Å². The highest BCUT2D eigenvalue weighted by Crippen LogP contribution is 2.64. The topological polar surface area (TPSA) is 72.2 Å². The van der Waals surface area contributed by atoms with Crippen LogP contribution in [0.2, 0.25) is 0 Å². The predicted octanol–water partition coefficient (Wildman–Crippen LogP) is 5.73. The number of para-hydroxylation sites is 1. The number of halogens is 17. The van der Waals surface area contributed by atoms with Crippen LogP contribution in [0.3, 0.4) is 0 Å². The summed E-state index contributed by atoms with van der Waals surface area (Å²) < 4.78 is 225. The minimum Gasteiger partial charge on any atom is -0.366 e. The minimum atomic E-state index is -8.81. The number of nitrogens with one attached hydrogen (secondary N) is 1. The third kappa shape index (κ3) is 4.38. The lowest BCUT2D eigenvalue weighted by Crippen LogP contribution is -2.75. The van der Waals surface area contributed by atoms with Gasteiger partial charge in [-0.15, -0.1) is 0 Å². The van der Waals surface area contributed by atoms with Crippen molar-refractivity contribution in [2.45, 2.75) is 47.6 Å². The van der Waals surface area contributed by atoms with E-state index in [0.717, 1.165) is 12.1 Å². The Balaban J connectivity index is 3.63. The van der Waals surface area contributed by atoms with Crippen molar-refractivity contribution in [3.63, 3.8) is 0 Å². The second-order valence-corrected chi connectivity index (χ2v) is 6.88. The summed E-state index contributed by atoms with van der Waals surface area (Å²) in [7, 11) is 0. The molecule has 0 aliphatic rings. The lowest BCUT2D eigenvalue weighted by atomic mass is 9.88. The molecule has 1 rings (SSSR count). The Morgan fingerprint density at radius 1 is 0.568 bits per heavy atom. The Kier molecular flexibility index (Phi) is 7.59. The Hall–Kier alpha value is -3.03. The van der Waals surface area contributed by atoms with E-state index >= 15 is 0 Å². The van der Waals surface area contributed by atoms with Gasteiger partial charge in [-0.3, -0.25) is 9.59 Å². The van der Waals surface area contributed by atoms with Gasteiger partial charge in [-0.1, -0.05) is 12.1 Å². The summed E-state index contributed by atoms with van der Waals surface area (Å²) in [5, 5.41) is 0.623. The molecule has 0 saturated carbocycles. The van der Waals surface area contributed by atoms with Gasteiger partial charge in [0, 0.05) is 0 Å². The van der Waals surface area contributed by atoms with Gasteiger partial charge in [-0.25, -0.2) is 0 Å². The average molecular weight is 582 g/mol. The zero-order valence-electron chi connectivity index (χ0n) is 16.6. The Labute approximate surface area is 191 Å². The fraction of sp³-hybridized carbons (Fsp3) is 0.500. The third-order valence-corrected chi connectivity index (χ3v) is 4.45. The fourth-order valence-corrected chi connectivity index (χ4v) is 2.31. The van der Waals surface area contributed by atoms with Gasteiger partial charge in [0.1, 0.15) is 0 Å². The molecule has 0 saturated heterocycles. The third-order valence-electron chi connectivity index (χ3n) is 4.45. The van der Waals surface area contributed by atoms with E-state index < -0.39 is 70.7 Å². The van der Waals surface area contributed by atoms with Crippen LogP contribution in [0.1, 0.15) is 10.4 Å². The van der Waals surface area contributed by atoms with Crippen LogP contribution in [-0.4, -0.2) is 59.4 Å². The number of hydrogen-bond donors (Lipinski definition) is 2. The van der Waals surface area contributed by atoms with Crippen molar-refractivity contribution < 1.29 is 84.2 Å². The van der Waals surface area contributed by atoms with Gasteiger partial charge in [0.25, 0.3) is 5.91 Å². The molecule has 21 heteroatoms. The monoisotopic (exact) mass is 582 g/mol. The van der Waals surface area contributed by atoms with Crippen LogP contribution in [0.5, 0.6) is 0 Å². The van der Waals surface area contributed by atoms with Crippen LogP contribution in [0.25, 0.3) is 0 Å². The fourth-order valence-electron chi connectivity index (χ4n) is 2.31. The van der Waals surface area contributed by atoms with E-state index in [1.807, 2.05) is 0 Å². The second-order valence-electron chi connectivity index (χ2n) is 6.88. The molecule has 37 heavy (non-hydrogen) atoms. The van der Waals surface area contributed by atoms with Crippen LogP contribution < -0.4 is 11.1 Å². The lowest BCUT2D eigenvalue weighted by Gasteiger charge is -2.42. The van der Waals surface area contributed by atoms with Crippen LogP contribution >= 0.6 is 0 Å². The zero-order valence-corrected chi connectivity index (χ0v) is 16.6. The van der Waals surface area contributed by atoms with E-state index in [9.17, 15) is 84.2 Å². The number of benzene rings is 1. The molecule has 1 aromatic carbocycles. The molecule has 0 spiro atoms. The summed E-state index contributed by atoms with van der Waals surface area (Å²) in [6.07, 6.45) is -7.87. The first-order chi connectivity index (χ1) is 16.1. The SMILES string of the molecule is NC(=O)c1ccccc1NC(=O)C(F)(F)C(F)(F)C(F)(F)C(F)(F)C(F)(F)C(F)(F)C(F)(F)C(F)(F)F. The standard InChI is InChI=1S/C16H7F17N2O2/c17-9(18,8(37)35-6-4-2-1-3-5(6)7(34)36)10(19,20)11(21,22)12(23,24)13(25,26)14(27,28)15(29,30)16(31,32)33/h1-4H,(H2,34,36)(H,35,37). The molecule has 0 aromatic heterocycles. The van der Waals surface area contributed by atoms with E-state index in [1.165, 1.54) is 0 Å². The van der Waals surface area contributed by atoms with Crippen molar-refractivity contribution in [3.8, 4) is 0 Å². The van der Waals surface area contributed by atoms with Crippen molar-refractivity contribution >= 4 is 17.5 Å². The average Bonchev–Trinajstić information content (AvgIpc) is 2.72. The van der Waals surface area contributed by atoms with Crippen molar-refractivity contribution in [1.29, 1.82) is 0 Å². The van der Waals surface area contributed by atoms with Gasteiger partial charge in [-0.2, -0.15) is 74.6 Å². The number of primary amides is 1. The lowest BCUT2D eigenvalue weighted by molar-refractivity contribution is -0.459. The largest absolute Gasteiger partial charge is 0.460 e. The summed E-state index contributed by atoms with van der Waals surface area (Å²) in [5.41, 5.74) is 2.43. The van der Waals surface area contributed by atoms with Crippen LogP contribution in [0, 0.1) is 0 Å². The predicted molar refractivity (Wildman–Crippen MR) is 84.3 cm³/mol. The maximum Gasteiger partial charge on any atom is 0.460 e. The van der Waals surface area contributed by atoms with Gasteiger partial charge in [-0.05, 0) is 12.1 Å². The zero-order chi connectivity index (χ0) is 29.8. The van der Waals surface area contributed by atoms with Crippen molar-refractivity contribution in [3.05, 3.63) is 29.8 Å². The molecule has 2 amide bonds. The van der Waals surface area contributed by atoms with Crippen molar-refractivity contribution in [2.24, 2.45) is 5.73 Å². The maximum absolute atomic E-state index is 13.9. The van der Waals surface area contributed by atoms with E-state index in [-0.39, 0.29) is 0 Å². The normalized spacial score (nSPS) is 14.9. The highest BCUT2D eigenvalue weighted by atomic mass is 19.4.